The molecule has 1 unspecified atom stereocenters. The lowest BCUT2D eigenvalue weighted by Crippen LogP contribution is -2.49. The van der Waals surface area contributed by atoms with E-state index in [1.807, 2.05) is 18.2 Å². The summed E-state index contributed by atoms with van der Waals surface area (Å²) in [5.74, 6) is 0.799. The molecule has 3 rings (SSSR count). The molecule has 2 amide bonds. The predicted molar refractivity (Wildman–Crippen MR) is 111 cm³/mol. The smallest absolute Gasteiger partial charge is 0.314 e. The van der Waals surface area contributed by atoms with E-state index in [-0.39, 0.29) is 11.4 Å². The molecule has 2 fully saturated rings. The molecule has 156 valence electrons. The topological polar surface area (TPSA) is 62.8 Å². The number of urea groups is 1. The fourth-order valence-electron chi connectivity index (χ4n) is 3.94. The van der Waals surface area contributed by atoms with E-state index in [0.717, 1.165) is 24.2 Å². The van der Waals surface area contributed by atoms with Crippen molar-refractivity contribution >= 4 is 17.6 Å². The molecule has 1 aromatic rings. The lowest BCUT2D eigenvalue weighted by Gasteiger charge is -2.38. The van der Waals surface area contributed by atoms with E-state index in [1.165, 1.54) is 12.8 Å². The maximum atomic E-state index is 12.5. The van der Waals surface area contributed by atoms with Crippen molar-refractivity contribution in [2.24, 2.45) is 0 Å². The highest BCUT2D eigenvalue weighted by Gasteiger charge is 2.37. The molecule has 2 aliphatic rings. The van der Waals surface area contributed by atoms with Crippen LogP contribution in [0, 0.1) is 0 Å². The van der Waals surface area contributed by atoms with Crippen molar-refractivity contribution in [3.63, 3.8) is 0 Å². The SMILES string of the molecule is COc1ccc(Cl)cc1C1(CNC(=O)NCC(C)N(C)C2CC2)CCOCC1. The standard InChI is InChI=1S/C21H32ClN3O3/c1-15(25(2)17-5-6-17)13-23-20(26)24-14-21(8-10-28-11-9-21)18-12-16(22)4-7-19(18)27-3/h4,7,12,15,17H,5-6,8-11,13-14H2,1-3H3,(H2,23,24,26). The highest BCUT2D eigenvalue weighted by atomic mass is 35.5. The van der Waals surface area contributed by atoms with Crippen LogP contribution in [-0.2, 0) is 10.2 Å². The average Bonchev–Trinajstić information content (AvgIpc) is 3.56. The Morgan fingerprint density at radius 3 is 2.71 bits per heavy atom. The van der Waals surface area contributed by atoms with Gasteiger partial charge in [0.2, 0.25) is 0 Å². The summed E-state index contributed by atoms with van der Waals surface area (Å²) >= 11 is 6.27. The minimum absolute atomic E-state index is 0.136. The third kappa shape index (κ3) is 5.10. The Labute approximate surface area is 172 Å². The molecule has 7 heteroatoms. The van der Waals surface area contributed by atoms with Gasteiger partial charge in [0.1, 0.15) is 5.75 Å². The van der Waals surface area contributed by atoms with Gasteiger partial charge in [-0.1, -0.05) is 11.6 Å². The molecule has 1 aliphatic heterocycles. The summed E-state index contributed by atoms with van der Waals surface area (Å²) in [6.45, 7) is 4.61. The van der Waals surface area contributed by atoms with Crippen molar-refractivity contribution < 1.29 is 14.3 Å². The van der Waals surface area contributed by atoms with Gasteiger partial charge in [0.15, 0.2) is 0 Å². The molecule has 1 saturated carbocycles. The maximum absolute atomic E-state index is 12.5. The third-order valence-corrected chi connectivity index (χ3v) is 6.38. The van der Waals surface area contributed by atoms with E-state index >= 15 is 0 Å². The number of carbonyl (C=O) groups is 1. The van der Waals surface area contributed by atoms with Gasteiger partial charge in [-0.3, -0.25) is 4.90 Å². The van der Waals surface area contributed by atoms with Gasteiger partial charge in [-0.05, 0) is 57.9 Å². The van der Waals surface area contributed by atoms with E-state index in [1.54, 1.807) is 7.11 Å². The molecule has 6 nitrogen and oxygen atoms in total. The number of amides is 2. The van der Waals surface area contributed by atoms with Crippen LogP contribution in [-0.4, -0.2) is 63.5 Å². The number of carbonyl (C=O) groups excluding carboxylic acids is 1. The molecule has 0 bridgehead atoms. The van der Waals surface area contributed by atoms with Crippen molar-refractivity contribution in [3.05, 3.63) is 28.8 Å². The quantitative estimate of drug-likeness (QED) is 0.692. The molecule has 28 heavy (non-hydrogen) atoms. The summed E-state index contributed by atoms with van der Waals surface area (Å²) in [6.07, 6.45) is 4.15. The number of nitrogens with one attached hydrogen (secondary N) is 2. The molecule has 0 spiro atoms. The second-order valence-electron chi connectivity index (χ2n) is 8.05. The van der Waals surface area contributed by atoms with E-state index in [2.05, 4.69) is 29.5 Å². The molecule has 2 N–H and O–H groups in total. The Kier molecular flexibility index (Phi) is 7.07. The summed E-state index contributed by atoms with van der Waals surface area (Å²) in [5, 5.41) is 6.76. The fourth-order valence-corrected chi connectivity index (χ4v) is 4.11. The first-order valence-corrected chi connectivity index (χ1v) is 10.5. The highest BCUT2D eigenvalue weighted by Crippen LogP contribution is 2.40. The number of likely N-dealkylation sites (N-methyl/N-ethyl adjacent to an activating group) is 1. The summed E-state index contributed by atoms with van der Waals surface area (Å²) in [5.41, 5.74) is 0.787. The van der Waals surface area contributed by atoms with Crippen molar-refractivity contribution in [1.82, 2.24) is 15.5 Å². The first-order valence-electron chi connectivity index (χ1n) is 10.1. The maximum Gasteiger partial charge on any atom is 0.314 e. The molecule has 0 aromatic heterocycles. The van der Waals surface area contributed by atoms with E-state index in [4.69, 9.17) is 21.1 Å². The second kappa shape index (κ2) is 9.33. The molecular weight excluding hydrogens is 378 g/mol. The van der Waals surface area contributed by atoms with Crippen LogP contribution in [0.1, 0.15) is 38.2 Å². The van der Waals surface area contributed by atoms with Crippen molar-refractivity contribution in [2.75, 3.05) is 40.5 Å². The van der Waals surface area contributed by atoms with Gasteiger partial charge < -0.3 is 20.1 Å². The number of halogens is 1. The molecule has 1 aliphatic carbocycles. The van der Waals surface area contributed by atoms with Gasteiger partial charge in [0.25, 0.3) is 0 Å². The van der Waals surface area contributed by atoms with Gasteiger partial charge in [-0.2, -0.15) is 0 Å². The molecule has 1 atom stereocenters. The minimum Gasteiger partial charge on any atom is -0.496 e. The van der Waals surface area contributed by atoms with Gasteiger partial charge in [-0.15, -0.1) is 0 Å². The Bertz CT molecular complexity index is 675. The first-order chi connectivity index (χ1) is 13.4. The number of nitrogens with zero attached hydrogens (tertiary/aromatic N) is 1. The van der Waals surface area contributed by atoms with Crippen LogP contribution >= 0.6 is 11.6 Å². The van der Waals surface area contributed by atoms with E-state index in [0.29, 0.717) is 43.4 Å². The molecule has 1 aromatic carbocycles. The Hall–Kier alpha value is -1.50. The zero-order valence-electron chi connectivity index (χ0n) is 17.1. The summed E-state index contributed by atoms with van der Waals surface area (Å²) in [7, 11) is 3.79. The third-order valence-electron chi connectivity index (χ3n) is 6.15. The number of hydrogen-bond donors (Lipinski definition) is 2. The zero-order valence-corrected chi connectivity index (χ0v) is 17.8. The zero-order chi connectivity index (χ0) is 20.1. The normalized spacial score (nSPS) is 19.9. The molecule has 1 heterocycles. The van der Waals surface area contributed by atoms with Gasteiger partial charge in [-0.25, -0.2) is 4.79 Å². The van der Waals surface area contributed by atoms with Crippen molar-refractivity contribution in [3.8, 4) is 5.75 Å². The molecule has 0 radical (unpaired) electrons. The monoisotopic (exact) mass is 409 g/mol. The summed E-state index contributed by atoms with van der Waals surface area (Å²) < 4.78 is 11.2. The van der Waals surface area contributed by atoms with Crippen LogP contribution in [0.4, 0.5) is 4.79 Å². The van der Waals surface area contributed by atoms with Crippen molar-refractivity contribution in [2.45, 2.75) is 50.1 Å². The van der Waals surface area contributed by atoms with Crippen LogP contribution in [0.5, 0.6) is 5.75 Å². The van der Waals surface area contributed by atoms with Gasteiger partial charge in [0, 0.05) is 54.4 Å². The van der Waals surface area contributed by atoms with Gasteiger partial charge in [0.05, 0.1) is 7.11 Å². The predicted octanol–water partition coefficient (Wildman–Crippen LogP) is 3.18. The Morgan fingerprint density at radius 1 is 1.36 bits per heavy atom. The lowest BCUT2D eigenvalue weighted by molar-refractivity contribution is 0.0498. The van der Waals surface area contributed by atoms with Crippen LogP contribution in [0.15, 0.2) is 18.2 Å². The minimum atomic E-state index is -0.248. The number of methoxy groups -OCH3 is 1. The van der Waals surface area contributed by atoms with Crippen LogP contribution < -0.4 is 15.4 Å². The summed E-state index contributed by atoms with van der Waals surface area (Å²) in [4.78, 5) is 14.8. The summed E-state index contributed by atoms with van der Waals surface area (Å²) in [6, 6.07) is 6.55. The molecule has 1 saturated heterocycles. The average molecular weight is 410 g/mol. The Morgan fingerprint density at radius 2 is 2.07 bits per heavy atom. The van der Waals surface area contributed by atoms with Gasteiger partial charge >= 0.3 is 6.03 Å². The first kappa shape index (κ1) is 21.2. The van der Waals surface area contributed by atoms with Crippen molar-refractivity contribution in [1.29, 1.82) is 0 Å². The van der Waals surface area contributed by atoms with Crippen LogP contribution in [0.3, 0.4) is 0 Å². The molecular formula is C21H32ClN3O3. The number of rotatable bonds is 8. The van der Waals surface area contributed by atoms with Crippen LogP contribution in [0.2, 0.25) is 5.02 Å². The largest absolute Gasteiger partial charge is 0.496 e. The van der Waals surface area contributed by atoms with E-state index < -0.39 is 0 Å². The number of ether oxygens (including phenoxy) is 2. The second-order valence-corrected chi connectivity index (χ2v) is 8.48. The Balaban J connectivity index is 1.63. The van der Waals surface area contributed by atoms with Crippen LogP contribution in [0.25, 0.3) is 0 Å². The fraction of sp³-hybridized carbons (Fsp3) is 0.667. The lowest BCUT2D eigenvalue weighted by atomic mass is 9.73. The number of hydrogen-bond acceptors (Lipinski definition) is 4. The highest BCUT2D eigenvalue weighted by molar-refractivity contribution is 6.30. The number of benzene rings is 1. The van der Waals surface area contributed by atoms with E-state index in [9.17, 15) is 4.79 Å².